The number of halogens is 2. The molecule has 0 aromatic heterocycles. The van der Waals surface area contributed by atoms with Crippen molar-refractivity contribution in [2.24, 2.45) is 0 Å². The van der Waals surface area contributed by atoms with E-state index in [1.807, 2.05) is 0 Å². The molecule has 1 heterocycles. The highest BCUT2D eigenvalue weighted by Gasteiger charge is 2.56. The fourth-order valence-electron chi connectivity index (χ4n) is 2.84. The summed E-state index contributed by atoms with van der Waals surface area (Å²) in [4.78, 5) is 26.6. The van der Waals surface area contributed by atoms with Gasteiger partial charge in [0.05, 0.1) is 18.8 Å². The molecule has 5 nitrogen and oxygen atoms in total. The van der Waals surface area contributed by atoms with Crippen LogP contribution in [0, 0.1) is 0 Å². The van der Waals surface area contributed by atoms with E-state index in [0.29, 0.717) is 21.3 Å². The van der Waals surface area contributed by atoms with E-state index < -0.39 is 17.5 Å². The molecule has 1 atom stereocenters. The number of benzene rings is 2. The maximum atomic E-state index is 12.9. The van der Waals surface area contributed by atoms with Gasteiger partial charge >= 0.3 is 5.97 Å². The summed E-state index contributed by atoms with van der Waals surface area (Å²) in [6.07, 6.45) is 0. The van der Waals surface area contributed by atoms with E-state index in [0.717, 1.165) is 0 Å². The highest BCUT2D eigenvalue weighted by Crippen LogP contribution is 2.43. The lowest BCUT2D eigenvalue weighted by Crippen LogP contribution is -2.47. The summed E-state index contributed by atoms with van der Waals surface area (Å²) in [5, 5.41) is 11.7. The molecule has 1 amide bonds. The van der Waals surface area contributed by atoms with Gasteiger partial charge in [-0.1, -0.05) is 41.4 Å². The largest absolute Gasteiger partial charge is 0.463 e. The van der Waals surface area contributed by atoms with Crippen LogP contribution < -0.4 is 4.90 Å². The third-order valence-electron chi connectivity index (χ3n) is 4.05. The van der Waals surface area contributed by atoms with Crippen LogP contribution >= 0.6 is 23.2 Å². The quantitative estimate of drug-likeness (QED) is 0.653. The van der Waals surface area contributed by atoms with E-state index in [1.54, 1.807) is 43.3 Å². The second-order valence-electron chi connectivity index (χ2n) is 5.58. The Balaban J connectivity index is 2.09. The van der Waals surface area contributed by atoms with Crippen LogP contribution in [0.15, 0.2) is 42.5 Å². The maximum Gasteiger partial charge on any atom is 0.353 e. The second-order valence-corrected chi connectivity index (χ2v) is 6.42. The first-order valence-corrected chi connectivity index (χ1v) is 8.40. The van der Waals surface area contributed by atoms with Crippen LogP contribution in [0.2, 0.25) is 10.0 Å². The molecular weight excluding hydrogens is 365 g/mol. The molecule has 0 radical (unpaired) electrons. The van der Waals surface area contributed by atoms with Gasteiger partial charge in [-0.25, -0.2) is 4.79 Å². The van der Waals surface area contributed by atoms with Crippen molar-refractivity contribution >= 4 is 40.8 Å². The van der Waals surface area contributed by atoms with Gasteiger partial charge in [0, 0.05) is 15.6 Å². The number of esters is 1. The zero-order valence-electron chi connectivity index (χ0n) is 13.3. The zero-order chi connectivity index (χ0) is 18.2. The molecule has 3 rings (SSSR count). The number of amides is 1. The van der Waals surface area contributed by atoms with E-state index in [2.05, 4.69) is 0 Å². The summed E-state index contributed by atoms with van der Waals surface area (Å²) in [5.74, 6) is -1.81. The van der Waals surface area contributed by atoms with Gasteiger partial charge in [-0.3, -0.25) is 4.79 Å². The number of hydrogen-bond acceptors (Lipinski definition) is 4. The third kappa shape index (κ3) is 2.88. The Morgan fingerprint density at radius 3 is 2.64 bits per heavy atom. The molecule has 0 spiro atoms. The van der Waals surface area contributed by atoms with Gasteiger partial charge in [-0.2, -0.15) is 0 Å². The predicted octanol–water partition coefficient (Wildman–Crippen LogP) is 3.29. The Morgan fingerprint density at radius 1 is 1.24 bits per heavy atom. The van der Waals surface area contributed by atoms with Crippen LogP contribution in [-0.2, 0) is 26.5 Å². The number of rotatable bonds is 4. The number of hydrogen-bond donors (Lipinski definition) is 1. The average molecular weight is 380 g/mol. The molecule has 1 aliphatic heterocycles. The minimum atomic E-state index is -2.42. The smallest absolute Gasteiger partial charge is 0.353 e. The Kier molecular flexibility index (Phi) is 4.73. The highest BCUT2D eigenvalue weighted by atomic mass is 35.5. The molecule has 1 N–H and O–H groups in total. The van der Waals surface area contributed by atoms with Gasteiger partial charge in [0.2, 0.25) is 0 Å². The SMILES string of the molecule is CCOC(=O)C1(O)C(=O)N(Cc2ccccc2Cl)c2ccc(Cl)cc21. The predicted molar refractivity (Wildman–Crippen MR) is 94.6 cm³/mol. The van der Waals surface area contributed by atoms with E-state index in [4.69, 9.17) is 27.9 Å². The lowest BCUT2D eigenvalue weighted by Gasteiger charge is -2.21. The molecule has 130 valence electrons. The van der Waals surface area contributed by atoms with Gasteiger partial charge < -0.3 is 14.7 Å². The number of aliphatic hydroxyl groups is 1. The number of anilines is 1. The molecule has 2 aromatic carbocycles. The number of carbonyl (C=O) groups excluding carboxylic acids is 2. The Labute approximate surface area is 154 Å². The van der Waals surface area contributed by atoms with Gasteiger partial charge in [-0.15, -0.1) is 0 Å². The molecule has 0 saturated heterocycles. The molecular formula is C18H15Cl2NO4. The number of carbonyl (C=O) groups is 2. The van der Waals surface area contributed by atoms with Crippen molar-refractivity contribution in [2.45, 2.75) is 19.1 Å². The molecule has 25 heavy (non-hydrogen) atoms. The van der Waals surface area contributed by atoms with Crippen molar-refractivity contribution in [1.29, 1.82) is 0 Å². The molecule has 7 heteroatoms. The topological polar surface area (TPSA) is 66.8 Å². The summed E-state index contributed by atoms with van der Waals surface area (Å²) in [7, 11) is 0. The zero-order valence-corrected chi connectivity index (χ0v) is 14.8. The fraction of sp³-hybridized carbons (Fsp3) is 0.222. The normalized spacial score (nSPS) is 19.0. The van der Waals surface area contributed by atoms with E-state index in [-0.39, 0.29) is 18.7 Å². The molecule has 1 aliphatic rings. The van der Waals surface area contributed by atoms with Crippen molar-refractivity contribution in [3.8, 4) is 0 Å². The number of nitrogens with zero attached hydrogens (tertiary/aromatic N) is 1. The summed E-state index contributed by atoms with van der Waals surface area (Å²) in [6, 6.07) is 11.6. The minimum absolute atomic E-state index is 0.0365. The highest BCUT2D eigenvalue weighted by molar-refractivity contribution is 6.32. The molecule has 0 fully saturated rings. The van der Waals surface area contributed by atoms with Crippen molar-refractivity contribution in [3.05, 3.63) is 63.6 Å². The Hall–Kier alpha value is -2.08. The monoisotopic (exact) mass is 379 g/mol. The van der Waals surface area contributed by atoms with E-state index >= 15 is 0 Å². The first-order valence-electron chi connectivity index (χ1n) is 7.64. The van der Waals surface area contributed by atoms with Crippen LogP contribution in [0.25, 0.3) is 0 Å². The summed E-state index contributed by atoms with van der Waals surface area (Å²) in [6.45, 7) is 1.74. The molecule has 0 aliphatic carbocycles. The number of fused-ring (bicyclic) bond motifs is 1. The first-order chi connectivity index (χ1) is 11.9. The van der Waals surface area contributed by atoms with Gasteiger partial charge in [-0.05, 0) is 36.8 Å². The van der Waals surface area contributed by atoms with Crippen LogP contribution in [0.1, 0.15) is 18.1 Å². The minimum Gasteiger partial charge on any atom is -0.463 e. The lowest BCUT2D eigenvalue weighted by molar-refractivity contribution is -0.170. The molecule has 0 bridgehead atoms. The molecule has 0 saturated carbocycles. The summed E-state index contributed by atoms with van der Waals surface area (Å²) >= 11 is 12.2. The standard InChI is InChI=1S/C18H15Cl2NO4/c1-2-25-17(23)18(24)13-9-12(19)7-8-15(13)21(16(18)22)10-11-5-3-4-6-14(11)20/h3-9,24H,2,10H2,1H3. The fourth-order valence-corrected chi connectivity index (χ4v) is 3.21. The van der Waals surface area contributed by atoms with Crippen molar-refractivity contribution in [2.75, 3.05) is 11.5 Å². The molecule has 2 aromatic rings. The lowest BCUT2D eigenvalue weighted by atomic mass is 9.95. The summed E-state index contributed by atoms with van der Waals surface area (Å²) < 4.78 is 4.91. The Morgan fingerprint density at radius 2 is 1.96 bits per heavy atom. The maximum absolute atomic E-state index is 12.9. The Bertz CT molecular complexity index is 855. The second kappa shape index (κ2) is 6.67. The van der Waals surface area contributed by atoms with Crippen molar-refractivity contribution in [3.63, 3.8) is 0 Å². The van der Waals surface area contributed by atoms with Gasteiger partial charge in [0.25, 0.3) is 11.5 Å². The first kappa shape index (κ1) is 17.7. The van der Waals surface area contributed by atoms with Crippen LogP contribution in [0.4, 0.5) is 5.69 Å². The average Bonchev–Trinajstić information content (AvgIpc) is 2.80. The van der Waals surface area contributed by atoms with Gasteiger partial charge in [0.1, 0.15) is 0 Å². The third-order valence-corrected chi connectivity index (χ3v) is 4.65. The van der Waals surface area contributed by atoms with Crippen LogP contribution in [0.5, 0.6) is 0 Å². The number of ether oxygens (including phenoxy) is 1. The van der Waals surface area contributed by atoms with Crippen LogP contribution in [0.3, 0.4) is 0 Å². The van der Waals surface area contributed by atoms with Crippen LogP contribution in [-0.4, -0.2) is 23.6 Å². The summed E-state index contributed by atoms with van der Waals surface area (Å²) in [5.41, 5.74) is -1.23. The van der Waals surface area contributed by atoms with E-state index in [1.165, 1.54) is 11.0 Å². The van der Waals surface area contributed by atoms with Crippen molar-refractivity contribution in [1.82, 2.24) is 0 Å². The van der Waals surface area contributed by atoms with E-state index in [9.17, 15) is 14.7 Å². The van der Waals surface area contributed by atoms with Gasteiger partial charge in [0.15, 0.2) is 0 Å². The molecule has 1 unspecified atom stereocenters. The van der Waals surface area contributed by atoms with Crippen molar-refractivity contribution < 1.29 is 19.4 Å².